The first-order valence-electron chi connectivity index (χ1n) is 15.5. The molecule has 48 heavy (non-hydrogen) atoms. The number of hydrogen-bond donors (Lipinski definition) is 0. The zero-order valence-electron chi connectivity index (χ0n) is 28.0. The molecule has 0 fully saturated rings. The van der Waals surface area contributed by atoms with Gasteiger partial charge in [0, 0.05) is 31.8 Å². The number of alkyl halides is 3. The summed E-state index contributed by atoms with van der Waals surface area (Å²) in [6.07, 6.45) is -4.58. The zero-order valence-corrected chi connectivity index (χ0v) is 29.7. The van der Waals surface area contributed by atoms with Gasteiger partial charge in [-0.25, -0.2) is 9.78 Å². The molecule has 2 heterocycles. The number of carbonyl (C=O) groups excluding carboxylic acids is 1. The van der Waals surface area contributed by atoms with Gasteiger partial charge in [0.15, 0.2) is 19.5 Å². The molecule has 0 saturated heterocycles. The fourth-order valence-corrected chi connectivity index (χ4v) is 6.23. The maximum absolute atomic E-state index is 14.2. The van der Waals surface area contributed by atoms with Crippen molar-refractivity contribution in [3.05, 3.63) is 91.3 Å². The highest BCUT2D eigenvalue weighted by molar-refractivity contribution is 6.74. The van der Waals surface area contributed by atoms with E-state index in [0.29, 0.717) is 23.6 Å². The molecule has 4 aromatic rings. The van der Waals surface area contributed by atoms with Crippen LogP contribution in [0.15, 0.2) is 58.1 Å². The van der Waals surface area contributed by atoms with Gasteiger partial charge in [0.1, 0.15) is 17.5 Å². The van der Waals surface area contributed by atoms with Crippen LogP contribution in [-0.2, 0) is 34.1 Å². The largest absolute Gasteiger partial charge is 0.573 e. The number of aromatic nitrogens is 4. The molecule has 0 aliphatic rings. The standard InChI is InChI=1S/C33H40ClF3N4O6Si/c1-8-45-30(43)25(22-11-9-12-24(19-22)47-33(35,36)37)27-38-28-26(41(27)20-21-13-15-23(34)16-14-21)29(42)40(31(44)39(28)5)17-10-18-46-48(6,7)32(2,3)4/h9,11-16,19,25H,8,10,17-18,20H2,1-7H3. The van der Waals surface area contributed by atoms with Crippen LogP contribution in [0.2, 0.25) is 23.2 Å². The Hall–Kier alpha value is -3.88. The van der Waals surface area contributed by atoms with Crippen LogP contribution < -0.4 is 16.0 Å². The summed E-state index contributed by atoms with van der Waals surface area (Å²) in [4.78, 5) is 45.9. The van der Waals surface area contributed by atoms with Gasteiger partial charge < -0.3 is 18.5 Å². The molecular weight excluding hydrogens is 669 g/mol. The lowest BCUT2D eigenvalue weighted by atomic mass is 9.97. The van der Waals surface area contributed by atoms with E-state index in [1.165, 1.54) is 28.3 Å². The van der Waals surface area contributed by atoms with Gasteiger partial charge in [-0.15, -0.1) is 13.2 Å². The Balaban J connectivity index is 1.91. The molecule has 260 valence electrons. The molecule has 0 aliphatic carbocycles. The first-order chi connectivity index (χ1) is 22.3. The molecule has 10 nitrogen and oxygen atoms in total. The number of benzene rings is 2. The number of carbonyl (C=O) groups is 1. The van der Waals surface area contributed by atoms with Crippen molar-refractivity contribution in [1.82, 2.24) is 18.7 Å². The van der Waals surface area contributed by atoms with Crippen molar-refractivity contribution in [1.29, 1.82) is 0 Å². The van der Waals surface area contributed by atoms with Crippen LogP contribution in [0.5, 0.6) is 5.75 Å². The van der Waals surface area contributed by atoms with Crippen molar-refractivity contribution in [3.8, 4) is 5.75 Å². The van der Waals surface area contributed by atoms with E-state index in [-0.39, 0.29) is 47.3 Å². The molecular formula is C33H40ClF3N4O6Si. The number of halogens is 4. The second-order valence-corrected chi connectivity index (χ2v) is 18.2. The van der Waals surface area contributed by atoms with Crippen molar-refractivity contribution < 1.29 is 31.9 Å². The zero-order chi connectivity index (χ0) is 35.6. The van der Waals surface area contributed by atoms with Crippen LogP contribution in [0, 0.1) is 0 Å². The lowest BCUT2D eigenvalue weighted by molar-refractivity contribution is -0.274. The van der Waals surface area contributed by atoms with Crippen molar-refractivity contribution in [2.45, 2.75) is 77.6 Å². The van der Waals surface area contributed by atoms with E-state index in [4.69, 9.17) is 20.8 Å². The first-order valence-corrected chi connectivity index (χ1v) is 18.7. The van der Waals surface area contributed by atoms with Crippen LogP contribution in [0.4, 0.5) is 13.2 Å². The van der Waals surface area contributed by atoms with Gasteiger partial charge in [-0.2, -0.15) is 0 Å². The van der Waals surface area contributed by atoms with Gasteiger partial charge in [-0.1, -0.05) is 56.6 Å². The van der Waals surface area contributed by atoms with Crippen LogP contribution >= 0.6 is 11.6 Å². The number of nitrogens with zero attached hydrogens (tertiary/aromatic N) is 4. The van der Waals surface area contributed by atoms with Gasteiger partial charge in [-0.3, -0.25) is 18.7 Å². The molecule has 1 unspecified atom stereocenters. The molecule has 0 saturated carbocycles. The summed E-state index contributed by atoms with van der Waals surface area (Å²) in [6.45, 7) is 12.6. The Kier molecular flexibility index (Phi) is 11.0. The SMILES string of the molecule is CCOC(=O)C(c1cccc(OC(F)(F)F)c1)c1nc2c(c(=O)n(CCCO[Si](C)(C)C(C)(C)C)c(=O)n2C)n1Cc1ccc(Cl)cc1. The van der Waals surface area contributed by atoms with Crippen molar-refractivity contribution in [2.24, 2.45) is 7.05 Å². The summed E-state index contributed by atoms with van der Waals surface area (Å²) in [5.41, 5.74) is -0.458. The summed E-state index contributed by atoms with van der Waals surface area (Å²) in [5, 5.41) is 0.460. The van der Waals surface area contributed by atoms with Crippen molar-refractivity contribution in [2.75, 3.05) is 13.2 Å². The average Bonchev–Trinajstić information content (AvgIpc) is 3.34. The summed E-state index contributed by atoms with van der Waals surface area (Å²) < 4.78 is 58.9. The maximum atomic E-state index is 14.2. The minimum Gasteiger partial charge on any atom is -0.465 e. The van der Waals surface area contributed by atoms with Crippen LogP contribution in [0.1, 0.15) is 57.0 Å². The van der Waals surface area contributed by atoms with Crippen LogP contribution in [0.25, 0.3) is 11.2 Å². The number of rotatable bonds is 12. The number of ether oxygens (including phenoxy) is 2. The molecule has 1 atom stereocenters. The Morgan fingerprint density at radius 3 is 2.31 bits per heavy atom. The fraction of sp³-hybridized carbons (Fsp3) is 0.455. The predicted octanol–water partition coefficient (Wildman–Crippen LogP) is 6.60. The summed E-state index contributed by atoms with van der Waals surface area (Å²) in [6, 6.07) is 11.7. The fourth-order valence-electron chi connectivity index (χ4n) is 5.01. The van der Waals surface area contributed by atoms with Gasteiger partial charge in [0.2, 0.25) is 0 Å². The van der Waals surface area contributed by atoms with E-state index in [1.807, 2.05) is 0 Å². The monoisotopic (exact) mass is 708 g/mol. The Morgan fingerprint density at radius 2 is 1.71 bits per heavy atom. The van der Waals surface area contributed by atoms with E-state index < -0.39 is 43.6 Å². The Bertz CT molecular complexity index is 1900. The number of hydrogen-bond acceptors (Lipinski definition) is 7. The quantitative estimate of drug-likeness (QED) is 0.0927. The van der Waals surface area contributed by atoms with E-state index >= 15 is 0 Å². The average molecular weight is 709 g/mol. The smallest absolute Gasteiger partial charge is 0.465 e. The van der Waals surface area contributed by atoms with E-state index in [0.717, 1.165) is 16.7 Å². The number of imidazole rings is 1. The van der Waals surface area contributed by atoms with Crippen molar-refractivity contribution in [3.63, 3.8) is 0 Å². The molecule has 15 heteroatoms. The third-order valence-corrected chi connectivity index (χ3v) is 13.3. The van der Waals surface area contributed by atoms with Gasteiger partial charge in [-0.05, 0) is 66.9 Å². The third-order valence-electron chi connectivity index (χ3n) is 8.52. The molecule has 0 spiro atoms. The van der Waals surface area contributed by atoms with E-state index in [9.17, 15) is 27.6 Å². The maximum Gasteiger partial charge on any atom is 0.573 e. The second-order valence-electron chi connectivity index (χ2n) is 12.9. The summed E-state index contributed by atoms with van der Waals surface area (Å²) in [5.74, 6) is -2.76. The number of esters is 1. The summed E-state index contributed by atoms with van der Waals surface area (Å²) >= 11 is 6.11. The minimum atomic E-state index is -4.97. The van der Waals surface area contributed by atoms with Crippen LogP contribution in [-0.4, -0.2) is 52.5 Å². The minimum absolute atomic E-state index is 0.000249. The highest BCUT2D eigenvalue weighted by atomic mass is 35.5. The van der Waals surface area contributed by atoms with Gasteiger partial charge >= 0.3 is 18.0 Å². The third kappa shape index (κ3) is 8.21. The summed E-state index contributed by atoms with van der Waals surface area (Å²) in [7, 11) is -0.602. The topological polar surface area (TPSA) is 107 Å². The lowest BCUT2D eigenvalue weighted by Gasteiger charge is -2.36. The molecule has 0 N–H and O–H groups in total. The highest BCUT2D eigenvalue weighted by Crippen LogP contribution is 2.36. The molecule has 0 amide bonds. The molecule has 0 radical (unpaired) electrons. The second kappa shape index (κ2) is 14.3. The molecule has 0 bridgehead atoms. The normalized spacial score (nSPS) is 13.1. The van der Waals surface area contributed by atoms with E-state index in [1.54, 1.807) is 31.2 Å². The molecule has 2 aromatic heterocycles. The van der Waals surface area contributed by atoms with Crippen LogP contribution in [0.3, 0.4) is 0 Å². The van der Waals surface area contributed by atoms with Crippen molar-refractivity contribution >= 4 is 37.1 Å². The first kappa shape index (κ1) is 36.9. The Labute approximate surface area is 282 Å². The lowest BCUT2D eigenvalue weighted by Crippen LogP contribution is -2.42. The van der Waals surface area contributed by atoms with E-state index in [2.05, 4.69) is 43.6 Å². The van der Waals surface area contributed by atoms with Gasteiger partial charge in [0.25, 0.3) is 5.56 Å². The Morgan fingerprint density at radius 1 is 1.04 bits per heavy atom. The molecule has 2 aromatic carbocycles. The number of fused-ring (bicyclic) bond motifs is 1. The predicted molar refractivity (Wildman–Crippen MR) is 179 cm³/mol. The molecule has 4 rings (SSSR count). The highest BCUT2D eigenvalue weighted by Gasteiger charge is 2.37. The van der Waals surface area contributed by atoms with Gasteiger partial charge in [0.05, 0.1) is 6.61 Å². The number of aryl methyl sites for hydroxylation is 1. The molecule has 0 aliphatic heterocycles.